The predicted molar refractivity (Wildman–Crippen MR) is 70.9 cm³/mol. The maximum absolute atomic E-state index is 13.2. The summed E-state index contributed by atoms with van der Waals surface area (Å²) >= 11 is 0. The van der Waals surface area contributed by atoms with Crippen molar-refractivity contribution < 1.29 is 13.9 Å². The lowest BCUT2D eigenvalue weighted by molar-refractivity contribution is -0.117. The predicted octanol–water partition coefficient (Wildman–Crippen LogP) is 0.678. The normalized spacial score (nSPS) is 16.1. The number of carbonyl (C=O) groups excluding carboxylic acids is 1. The molecule has 104 valence electrons. The Morgan fingerprint density at radius 3 is 2.89 bits per heavy atom. The number of hydrogen-bond acceptors (Lipinski definition) is 4. The van der Waals surface area contributed by atoms with Gasteiger partial charge in [-0.3, -0.25) is 9.69 Å². The van der Waals surface area contributed by atoms with E-state index in [0.29, 0.717) is 12.2 Å². The number of nitrogens with zero attached hydrogens (tertiary/aromatic N) is 1. The number of amides is 1. The molecule has 1 aromatic rings. The van der Waals surface area contributed by atoms with E-state index < -0.39 is 5.82 Å². The summed E-state index contributed by atoms with van der Waals surface area (Å²) in [5, 5.41) is 5.97. The number of benzene rings is 1. The van der Waals surface area contributed by atoms with Crippen LogP contribution in [0.3, 0.4) is 0 Å². The second kappa shape index (κ2) is 6.49. The van der Waals surface area contributed by atoms with E-state index in [-0.39, 0.29) is 11.7 Å². The van der Waals surface area contributed by atoms with Gasteiger partial charge in [0.25, 0.3) is 0 Å². The quantitative estimate of drug-likeness (QED) is 0.842. The average Bonchev–Trinajstić information content (AvgIpc) is 2.42. The Bertz CT molecular complexity index is 448. The molecule has 0 radical (unpaired) electrons. The molecule has 1 saturated heterocycles. The van der Waals surface area contributed by atoms with Crippen LogP contribution >= 0.6 is 0 Å². The third-order valence-corrected chi connectivity index (χ3v) is 3.01. The lowest BCUT2D eigenvalue weighted by Gasteiger charge is -2.26. The summed E-state index contributed by atoms with van der Waals surface area (Å²) in [6.45, 7) is 3.87. The third-order valence-electron chi connectivity index (χ3n) is 3.01. The molecule has 1 aliphatic heterocycles. The SMILES string of the molecule is COc1cc(NC(=O)CN2CCNCC2)ccc1F. The van der Waals surface area contributed by atoms with Crippen LogP contribution in [0.5, 0.6) is 5.75 Å². The maximum atomic E-state index is 13.2. The molecule has 0 bridgehead atoms. The molecule has 0 spiro atoms. The number of anilines is 1. The van der Waals surface area contributed by atoms with Crippen LogP contribution in [0.15, 0.2) is 18.2 Å². The van der Waals surface area contributed by atoms with Crippen molar-refractivity contribution >= 4 is 11.6 Å². The van der Waals surface area contributed by atoms with Crippen molar-refractivity contribution in [1.29, 1.82) is 0 Å². The van der Waals surface area contributed by atoms with Gasteiger partial charge in [-0.25, -0.2) is 4.39 Å². The Morgan fingerprint density at radius 2 is 2.21 bits per heavy atom. The van der Waals surface area contributed by atoms with Gasteiger partial charge in [-0.15, -0.1) is 0 Å². The van der Waals surface area contributed by atoms with Gasteiger partial charge in [0.15, 0.2) is 11.6 Å². The fourth-order valence-corrected chi connectivity index (χ4v) is 2.01. The molecular formula is C13H18FN3O2. The van der Waals surface area contributed by atoms with E-state index in [1.54, 1.807) is 0 Å². The fourth-order valence-electron chi connectivity index (χ4n) is 2.01. The van der Waals surface area contributed by atoms with Gasteiger partial charge in [-0.1, -0.05) is 0 Å². The van der Waals surface area contributed by atoms with Gasteiger partial charge in [0, 0.05) is 37.9 Å². The number of halogens is 1. The van der Waals surface area contributed by atoms with Gasteiger partial charge in [-0.05, 0) is 12.1 Å². The Morgan fingerprint density at radius 1 is 1.47 bits per heavy atom. The van der Waals surface area contributed by atoms with E-state index >= 15 is 0 Å². The highest BCUT2D eigenvalue weighted by Crippen LogP contribution is 2.21. The second-order valence-electron chi connectivity index (χ2n) is 4.42. The highest BCUT2D eigenvalue weighted by atomic mass is 19.1. The Kier molecular flexibility index (Phi) is 4.70. The summed E-state index contributed by atoms with van der Waals surface area (Å²) in [4.78, 5) is 13.9. The summed E-state index contributed by atoms with van der Waals surface area (Å²) in [7, 11) is 1.39. The van der Waals surface area contributed by atoms with Crippen molar-refractivity contribution in [2.45, 2.75) is 0 Å². The summed E-state index contributed by atoms with van der Waals surface area (Å²) in [6.07, 6.45) is 0. The van der Waals surface area contributed by atoms with E-state index in [2.05, 4.69) is 15.5 Å². The third kappa shape index (κ3) is 3.90. The van der Waals surface area contributed by atoms with E-state index in [9.17, 15) is 9.18 Å². The number of carbonyl (C=O) groups is 1. The molecular weight excluding hydrogens is 249 g/mol. The molecule has 0 aliphatic carbocycles. The molecule has 5 nitrogen and oxygen atoms in total. The van der Waals surface area contributed by atoms with Crippen LogP contribution in [0.2, 0.25) is 0 Å². The minimum Gasteiger partial charge on any atom is -0.494 e. The van der Waals surface area contributed by atoms with Crippen LogP contribution in [0.1, 0.15) is 0 Å². The number of ether oxygens (including phenoxy) is 1. The summed E-state index contributed by atoms with van der Waals surface area (Å²) in [5.74, 6) is -0.418. The first-order valence-electron chi connectivity index (χ1n) is 6.25. The summed E-state index contributed by atoms with van der Waals surface area (Å²) < 4.78 is 18.1. The van der Waals surface area contributed by atoms with Gasteiger partial charge in [0.05, 0.1) is 13.7 Å². The smallest absolute Gasteiger partial charge is 0.238 e. The largest absolute Gasteiger partial charge is 0.494 e. The molecule has 1 fully saturated rings. The minimum absolute atomic E-state index is 0.101. The molecule has 19 heavy (non-hydrogen) atoms. The monoisotopic (exact) mass is 267 g/mol. The zero-order valence-electron chi connectivity index (χ0n) is 10.9. The molecule has 1 heterocycles. The van der Waals surface area contributed by atoms with Gasteiger partial charge < -0.3 is 15.4 Å². The van der Waals surface area contributed by atoms with E-state index in [4.69, 9.17) is 4.74 Å². The molecule has 2 N–H and O–H groups in total. The van der Waals surface area contributed by atoms with Gasteiger partial charge in [-0.2, -0.15) is 0 Å². The highest BCUT2D eigenvalue weighted by molar-refractivity contribution is 5.92. The molecule has 2 rings (SSSR count). The summed E-state index contributed by atoms with van der Waals surface area (Å²) in [6, 6.07) is 4.28. The number of nitrogens with one attached hydrogen (secondary N) is 2. The van der Waals surface area contributed by atoms with E-state index in [1.165, 1.54) is 25.3 Å². The number of rotatable bonds is 4. The Hall–Kier alpha value is -1.66. The molecule has 1 aromatic carbocycles. The fraction of sp³-hybridized carbons (Fsp3) is 0.462. The first kappa shape index (κ1) is 13.8. The van der Waals surface area contributed by atoms with Crippen LogP contribution in [-0.4, -0.2) is 50.6 Å². The summed E-state index contributed by atoms with van der Waals surface area (Å²) in [5.41, 5.74) is 0.540. The molecule has 6 heteroatoms. The molecule has 0 unspecified atom stereocenters. The van der Waals surface area contributed by atoms with Crippen LogP contribution in [-0.2, 0) is 4.79 Å². The Balaban J connectivity index is 1.90. The second-order valence-corrected chi connectivity index (χ2v) is 4.42. The maximum Gasteiger partial charge on any atom is 0.238 e. The Labute approximate surface area is 111 Å². The van der Waals surface area contributed by atoms with E-state index in [0.717, 1.165) is 26.2 Å². The van der Waals surface area contributed by atoms with Crippen molar-refractivity contribution in [3.8, 4) is 5.75 Å². The molecule has 1 amide bonds. The lowest BCUT2D eigenvalue weighted by Crippen LogP contribution is -2.46. The average molecular weight is 267 g/mol. The van der Waals surface area contributed by atoms with Crippen molar-refractivity contribution in [3.63, 3.8) is 0 Å². The lowest BCUT2D eigenvalue weighted by atomic mass is 10.3. The highest BCUT2D eigenvalue weighted by Gasteiger charge is 2.14. The van der Waals surface area contributed by atoms with Crippen LogP contribution in [0.25, 0.3) is 0 Å². The number of piperazine rings is 1. The zero-order chi connectivity index (χ0) is 13.7. The van der Waals surface area contributed by atoms with Crippen molar-refractivity contribution in [2.24, 2.45) is 0 Å². The number of hydrogen-bond donors (Lipinski definition) is 2. The zero-order valence-corrected chi connectivity index (χ0v) is 10.9. The van der Waals surface area contributed by atoms with Gasteiger partial charge >= 0.3 is 0 Å². The molecule has 0 atom stereocenters. The van der Waals surface area contributed by atoms with Crippen molar-refractivity contribution in [3.05, 3.63) is 24.0 Å². The van der Waals surface area contributed by atoms with Gasteiger partial charge in [0.2, 0.25) is 5.91 Å². The van der Waals surface area contributed by atoms with Crippen molar-refractivity contribution in [2.75, 3.05) is 45.2 Å². The molecule has 1 aliphatic rings. The number of methoxy groups -OCH3 is 1. The van der Waals surface area contributed by atoms with Crippen LogP contribution in [0.4, 0.5) is 10.1 Å². The standard InChI is InChI=1S/C13H18FN3O2/c1-19-12-8-10(2-3-11(12)14)16-13(18)9-17-6-4-15-5-7-17/h2-3,8,15H,4-7,9H2,1H3,(H,16,18). The minimum atomic E-state index is -0.442. The van der Waals surface area contributed by atoms with Crippen LogP contribution < -0.4 is 15.4 Å². The van der Waals surface area contributed by atoms with E-state index in [1.807, 2.05) is 0 Å². The van der Waals surface area contributed by atoms with Gasteiger partial charge in [0.1, 0.15) is 0 Å². The first-order chi connectivity index (χ1) is 9.19. The molecule has 0 aromatic heterocycles. The topological polar surface area (TPSA) is 53.6 Å². The first-order valence-corrected chi connectivity index (χ1v) is 6.25. The molecule has 0 saturated carbocycles. The van der Waals surface area contributed by atoms with Crippen LogP contribution in [0, 0.1) is 5.82 Å². The van der Waals surface area contributed by atoms with Crippen molar-refractivity contribution in [1.82, 2.24) is 10.2 Å².